The van der Waals surface area contributed by atoms with Gasteiger partial charge in [-0.05, 0) is 38.1 Å². The van der Waals surface area contributed by atoms with Gasteiger partial charge in [-0.3, -0.25) is 9.48 Å². The van der Waals surface area contributed by atoms with Crippen LogP contribution in [0.1, 0.15) is 82.8 Å². The van der Waals surface area contributed by atoms with Gasteiger partial charge in [0.05, 0.1) is 0 Å². The van der Waals surface area contributed by atoms with Gasteiger partial charge >= 0.3 is 0 Å². The Morgan fingerprint density at radius 2 is 2.00 bits per heavy atom. The smallest absolute Gasteiger partial charge is 0.256 e. The molecule has 7 nitrogen and oxygen atoms in total. The van der Waals surface area contributed by atoms with Gasteiger partial charge in [-0.15, -0.1) is 0 Å². The van der Waals surface area contributed by atoms with E-state index in [1.165, 1.54) is 6.42 Å². The maximum absolute atomic E-state index is 13.2. The highest BCUT2D eigenvalue weighted by atomic mass is 35.5. The van der Waals surface area contributed by atoms with Gasteiger partial charge < -0.3 is 14.7 Å². The average molecular weight is 450 g/mol. The van der Waals surface area contributed by atoms with Crippen molar-refractivity contribution in [1.82, 2.24) is 25.2 Å². The summed E-state index contributed by atoms with van der Waals surface area (Å²) in [5.41, 5.74) is 1.73. The van der Waals surface area contributed by atoms with Crippen LogP contribution in [0.4, 0.5) is 0 Å². The first-order chi connectivity index (χ1) is 14.6. The van der Waals surface area contributed by atoms with Crippen molar-refractivity contribution < 1.29 is 9.32 Å². The van der Waals surface area contributed by atoms with Crippen LogP contribution in [-0.2, 0) is 6.54 Å². The van der Waals surface area contributed by atoms with E-state index in [1.807, 2.05) is 26.8 Å². The lowest BCUT2D eigenvalue weighted by Crippen LogP contribution is -2.45. The van der Waals surface area contributed by atoms with Crippen LogP contribution >= 0.6 is 11.6 Å². The minimum atomic E-state index is -0.193. The average Bonchev–Trinajstić information content (AvgIpc) is 3.31. The molecule has 2 aromatic heterocycles. The maximum atomic E-state index is 13.2. The zero-order valence-electron chi connectivity index (χ0n) is 19.7. The van der Waals surface area contributed by atoms with E-state index in [9.17, 15) is 4.79 Å². The first kappa shape index (κ1) is 23.8. The highest BCUT2D eigenvalue weighted by Crippen LogP contribution is 2.30. The monoisotopic (exact) mass is 449 g/mol. The molecule has 1 amide bonds. The fourth-order valence-electron chi connectivity index (χ4n) is 3.76. The number of carbonyl (C=O) groups excluding carboxylic acids is 1. The Morgan fingerprint density at radius 3 is 2.55 bits per heavy atom. The number of amides is 1. The Morgan fingerprint density at radius 1 is 1.32 bits per heavy atom. The zero-order valence-corrected chi connectivity index (χ0v) is 20.4. The quantitative estimate of drug-likeness (QED) is 0.646. The van der Waals surface area contributed by atoms with Crippen molar-refractivity contribution in [2.24, 2.45) is 5.41 Å². The van der Waals surface area contributed by atoms with Crippen LogP contribution < -0.4 is 5.32 Å². The molecule has 1 fully saturated rings. The topological polar surface area (TPSA) is 76.2 Å². The van der Waals surface area contributed by atoms with E-state index in [0.717, 1.165) is 38.2 Å². The SMILES string of the molecule is CCn1nc(-c2cc(C(C)C)on2)c(C(=O)NC2CCN(CCC(C)(C)C)CC2)c1Cl. The Hall–Kier alpha value is -1.86. The molecule has 2 aromatic rings. The molecule has 0 aromatic carbocycles. The van der Waals surface area contributed by atoms with Crippen LogP contribution in [0, 0.1) is 5.41 Å². The van der Waals surface area contributed by atoms with Gasteiger partial charge in [0.15, 0.2) is 0 Å². The molecule has 1 saturated heterocycles. The zero-order chi connectivity index (χ0) is 22.8. The third kappa shape index (κ3) is 5.89. The van der Waals surface area contributed by atoms with E-state index in [1.54, 1.807) is 4.68 Å². The molecule has 0 radical (unpaired) electrons. The minimum Gasteiger partial charge on any atom is -0.360 e. The molecule has 1 aliphatic rings. The van der Waals surface area contributed by atoms with Crippen molar-refractivity contribution in [1.29, 1.82) is 0 Å². The van der Waals surface area contributed by atoms with Crippen LogP contribution in [0.15, 0.2) is 10.6 Å². The van der Waals surface area contributed by atoms with Crippen LogP contribution in [-0.4, -0.2) is 51.4 Å². The number of piperidine rings is 1. The molecule has 172 valence electrons. The molecular weight excluding hydrogens is 414 g/mol. The lowest BCUT2D eigenvalue weighted by atomic mass is 9.91. The van der Waals surface area contributed by atoms with Crippen LogP contribution in [0.3, 0.4) is 0 Å². The van der Waals surface area contributed by atoms with Crippen LogP contribution in [0.25, 0.3) is 11.4 Å². The predicted molar refractivity (Wildman–Crippen MR) is 123 cm³/mol. The highest BCUT2D eigenvalue weighted by molar-refractivity contribution is 6.33. The summed E-state index contributed by atoms with van der Waals surface area (Å²) in [4.78, 5) is 15.7. The standard InChI is InChI=1S/C23H36ClN5O2/c1-7-29-21(24)19(20(26-29)17-14-18(15(2)3)31-27-17)22(30)25-16-8-11-28(12-9-16)13-10-23(4,5)6/h14-16H,7-13H2,1-6H3,(H,25,30). The molecule has 0 bridgehead atoms. The number of nitrogens with zero attached hydrogens (tertiary/aromatic N) is 4. The van der Waals surface area contributed by atoms with E-state index < -0.39 is 0 Å². The number of nitrogens with one attached hydrogen (secondary N) is 1. The summed E-state index contributed by atoms with van der Waals surface area (Å²) in [7, 11) is 0. The summed E-state index contributed by atoms with van der Waals surface area (Å²) in [6, 6.07) is 1.98. The van der Waals surface area contributed by atoms with Gasteiger partial charge in [-0.2, -0.15) is 5.10 Å². The van der Waals surface area contributed by atoms with Gasteiger partial charge in [-0.1, -0.05) is 51.4 Å². The molecular formula is C23H36ClN5O2. The Balaban J connectivity index is 1.70. The molecule has 0 atom stereocenters. The van der Waals surface area contributed by atoms with E-state index >= 15 is 0 Å². The summed E-state index contributed by atoms with van der Waals surface area (Å²) in [5.74, 6) is 0.763. The third-order valence-electron chi connectivity index (χ3n) is 5.86. The van der Waals surface area contributed by atoms with Crippen LogP contribution in [0.2, 0.25) is 5.15 Å². The number of halogens is 1. The van der Waals surface area contributed by atoms with Crippen molar-refractivity contribution in [3.63, 3.8) is 0 Å². The number of aryl methyl sites for hydroxylation is 1. The molecule has 1 N–H and O–H groups in total. The minimum absolute atomic E-state index is 0.135. The Bertz CT molecular complexity index is 888. The maximum Gasteiger partial charge on any atom is 0.256 e. The van der Waals surface area contributed by atoms with Crippen molar-refractivity contribution in [3.05, 3.63) is 22.5 Å². The summed E-state index contributed by atoms with van der Waals surface area (Å²) in [6.07, 6.45) is 3.05. The molecule has 0 unspecified atom stereocenters. The third-order valence-corrected chi connectivity index (χ3v) is 6.24. The van der Waals surface area contributed by atoms with Gasteiger partial charge in [0.2, 0.25) is 0 Å². The Labute approximate surface area is 190 Å². The van der Waals surface area contributed by atoms with E-state index in [-0.39, 0.29) is 17.9 Å². The molecule has 1 aliphatic heterocycles. The van der Waals surface area contributed by atoms with E-state index in [2.05, 4.69) is 41.2 Å². The second-order valence-electron chi connectivity index (χ2n) is 10.00. The molecule has 3 heterocycles. The summed E-state index contributed by atoms with van der Waals surface area (Å²) in [6.45, 7) is 16.5. The van der Waals surface area contributed by atoms with Crippen molar-refractivity contribution >= 4 is 17.5 Å². The van der Waals surface area contributed by atoms with Gasteiger partial charge in [0.1, 0.15) is 27.9 Å². The summed E-state index contributed by atoms with van der Waals surface area (Å²) >= 11 is 6.54. The fourth-order valence-corrected chi connectivity index (χ4v) is 4.09. The molecule has 8 heteroatoms. The lowest BCUT2D eigenvalue weighted by Gasteiger charge is -2.34. The van der Waals surface area contributed by atoms with Crippen molar-refractivity contribution in [3.8, 4) is 11.4 Å². The van der Waals surface area contributed by atoms with Crippen molar-refractivity contribution in [2.75, 3.05) is 19.6 Å². The first-order valence-corrected chi connectivity index (χ1v) is 11.7. The van der Waals surface area contributed by atoms with Gasteiger partial charge in [0, 0.05) is 37.7 Å². The normalized spacial score (nSPS) is 16.3. The highest BCUT2D eigenvalue weighted by Gasteiger charge is 2.29. The van der Waals surface area contributed by atoms with Crippen molar-refractivity contribution in [2.45, 2.75) is 79.3 Å². The second-order valence-corrected chi connectivity index (χ2v) is 10.4. The molecule has 31 heavy (non-hydrogen) atoms. The number of aromatic nitrogens is 3. The predicted octanol–water partition coefficient (Wildman–Crippen LogP) is 4.97. The summed E-state index contributed by atoms with van der Waals surface area (Å²) < 4.78 is 7.06. The van der Waals surface area contributed by atoms with E-state index in [4.69, 9.17) is 16.1 Å². The Kier molecular flexibility index (Phi) is 7.47. The first-order valence-electron chi connectivity index (χ1n) is 11.4. The number of hydrogen-bond donors (Lipinski definition) is 1. The fraction of sp³-hybridized carbons (Fsp3) is 0.696. The second kappa shape index (κ2) is 9.74. The molecule has 0 spiro atoms. The summed E-state index contributed by atoms with van der Waals surface area (Å²) in [5, 5.41) is 12.2. The number of rotatable bonds is 7. The lowest BCUT2D eigenvalue weighted by molar-refractivity contribution is 0.0908. The molecule has 0 saturated carbocycles. The van der Waals surface area contributed by atoms with Crippen LogP contribution in [0.5, 0.6) is 0 Å². The number of hydrogen-bond acceptors (Lipinski definition) is 5. The largest absolute Gasteiger partial charge is 0.360 e. The molecule has 3 rings (SSSR count). The number of likely N-dealkylation sites (tertiary alicyclic amines) is 1. The van der Waals surface area contributed by atoms with Gasteiger partial charge in [0.25, 0.3) is 5.91 Å². The molecule has 0 aliphatic carbocycles. The van der Waals surface area contributed by atoms with E-state index in [0.29, 0.717) is 34.1 Å². The number of carbonyl (C=O) groups is 1. The van der Waals surface area contributed by atoms with Gasteiger partial charge in [-0.25, -0.2) is 0 Å².